The van der Waals surface area contributed by atoms with Crippen LogP contribution in [-0.2, 0) is 0 Å². The smallest absolute Gasteiger partial charge is 0.349 e. The van der Waals surface area contributed by atoms with Crippen LogP contribution in [0.25, 0.3) is 22.3 Å². The van der Waals surface area contributed by atoms with Crippen molar-refractivity contribution in [2.45, 2.75) is 144 Å². The predicted molar refractivity (Wildman–Crippen MR) is 268 cm³/mol. The lowest BCUT2D eigenvalue weighted by Gasteiger charge is -2.08. The molecule has 7 heterocycles. The molecule has 0 saturated heterocycles. The van der Waals surface area contributed by atoms with Crippen molar-refractivity contribution in [2.75, 3.05) is 17.2 Å². The second kappa shape index (κ2) is 27.7. The van der Waals surface area contributed by atoms with Crippen LogP contribution in [0, 0.1) is 6.92 Å². The molecule has 0 fully saturated rings. The number of nitrogens with two attached hydrogens (primary N) is 3. The van der Waals surface area contributed by atoms with Crippen molar-refractivity contribution in [3.8, 4) is 0 Å². The van der Waals surface area contributed by atoms with Crippen LogP contribution in [-0.4, -0.2) is 67.7 Å². The van der Waals surface area contributed by atoms with Crippen molar-refractivity contribution in [1.82, 2.24) is 67.7 Å². The third kappa shape index (κ3) is 16.6. The second-order valence-electron chi connectivity index (χ2n) is 14.9. The summed E-state index contributed by atoms with van der Waals surface area (Å²) in [5.74, 6) is 0.821. The largest absolute Gasteiger partial charge is 0.383 e. The third-order valence-electron chi connectivity index (χ3n) is 8.47. The minimum absolute atomic E-state index is 0. The predicted octanol–water partition coefficient (Wildman–Crippen LogP) is 5.40. The van der Waals surface area contributed by atoms with E-state index in [-0.39, 0.29) is 107 Å². The number of imidazole rings is 2. The fraction of sp³-hybridized carbons (Fsp3) is 0.488. The summed E-state index contributed by atoms with van der Waals surface area (Å²) >= 11 is 0. The Kier molecular flexibility index (Phi) is 26.3. The molecule has 0 spiro atoms. The number of aromatic nitrogens is 14. The van der Waals surface area contributed by atoms with Gasteiger partial charge in [0.25, 0.3) is 16.7 Å². The van der Waals surface area contributed by atoms with E-state index in [1.807, 2.05) is 60.0 Å². The van der Waals surface area contributed by atoms with Crippen molar-refractivity contribution in [3.63, 3.8) is 0 Å². The standard InChI is InChI=1S/C8H11N5O.C8H11N5.C8H12N2O2.C7H11N3O.C7H10N2O2.5CH4/c1-4(2)13-3-10-5-6(13)11-8(9)12-7(5)14;1-5(2)13-4-12-6-7(9)10-3-11-8(6)13;1-5(2)10-4-6(3)7(11)9-8(10)12;1-5(2)10-4-3-6(8)9-7(10)11;1-5(2)9-4-3-6(10)8-7(9)11;;;;;/h3-4H,1-2H3,(H3,9,11,12,14);3-5H,1-2H3,(H2,9,10,11);4-5H,1-3H3,(H,9,11,12);3-5H,1-2H3,(H2,8,9,11);3-5H,1-2H3,(H,8,10,11);5*1H4. The number of nitrogens with zero attached hydrogens (tertiary/aromatic N) is 11. The number of rotatable bonds is 5. The quantitative estimate of drug-likeness (QED) is 0.126. The lowest BCUT2D eigenvalue weighted by Crippen LogP contribution is -2.31. The molecular weight excluding hydrogens is 851 g/mol. The van der Waals surface area contributed by atoms with Gasteiger partial charge in [0.1, 0.15) is 17.7 Å². The molecule has 0 aliphatic heterocycles. The molecule has 0 unspecified atom stereocenters. The van der Waals surface area contributed by atoms with E-state index in [9.17, 15) is 28.8 Å². The average Bonchev–Trinajstić information content (AvgIpc) is 3.80. The summed E-state index contributed by atoms with van der Waals surface area (Å²) in [5.41, 5.74) is 17.3. The van der Waals surface area contributed by atoms with E-state index in [0.717, 1.165) is 5.65 Å². The number of nitrogens with one attached hydrogen (secondary N) is 3. The van der Waals surface area contributed by atoms with E-state index in [0.29, 0.717) is 34.1 Å². The molecule has 7 aromatic heterocycles. The zero-order chi connectivity index (χ0) is 45.9. The van der Waals surface area contributed by atoms with Gasteiger partial charge in [-0.05, 0) is 82.2 Å². The first-order chi connectivity index (χ1) is 28.5. The van der Waals surface area contributed by atoms with Gasteiger partial charge in [-0.3, -0.25) is 43.0 Å². The van der Waals surface area contributed by atoms with Gasteiger partial charge in [-0.15, -0.1) is 0 Å². The van der Waals surface area contributed by atoms with Gasteiger partial charge < -0.3 is 26.3 Å². The minimum atomic E-state index is -0.355. The highest BCUT2D eigenvalue weighted by molar-refractivity contribution is 5.81. The van der Waals surface area contributed by atoms with Crippen LogP contribution in [0.4, 0.5) is 17.6 Å². The van der Waals surface area contributed by atoms with Gasteiger partial charge in [0, 0.05) is 60.4 Å². The van der Waals surface area contributed by atoms with Gasteiger partial charge >= 0.3 is 17.1 Å². The maximum Gasteiger partial charge on any atom is 0.349 e. The van der Waals surface area contributed by atoms with Gasteiger partial charge in [0.15, 0.2) is 22.6 Å². The van der Waals surface area contributed by atoms with Gasteiger partial charge in [0.05, 0.1) is 12.7 Å². The number of hydrogen-bond donors (Lipinski definition) is 6. The van der Waals surface area contributed by atoms with E-state index >= 15 is 0 Å². The van der Waals surface area contributed by atoms with Crippen molar-refractivity contribution in [3.05, 3.63) is 118 Å². The Labute approximate surface area is 385 Å². The zero-order valence-corrected chi connectivity index (χ0v) is 36.1. The molecule has 0 amide bonds. The molecular formula is C43H75N17O6. The topological polar surface area (TPSA) is 330 Å². The average molecular weight is 926 g/mol. The molecule has 66 heavy (non-hydrogen) atoms. The maximum absolute atomic E-state index is 11.4. The van der Waals surface area contributed by atoms with Crippen LogP contribution in [0.2, 0.25) is 0 Å². The third-order valence-corrected chi connectivity index (χ3v) is 8.47. The first kappa shape index (κ1) is 62.8. The summed E-state index contributed by atoms with van der Waals surface area (Å²) in [6.45, 7) is 21.1. The first-order valence-electron chi connectivity index (χ1n) is 19.2. The Morgan fingerprint density at radius 1 is 0.515 bits per heavy atom. The normalized spacial score (nSPS) is 10.1. The maximum atomic E-state index is 11.4. The molecule has 0 radical (unpaired) electrons. The van der Waals surface area contributed by atoms with E-state index in [2.05, 4.69) is 58.7 Å². The summed E-state index contributed by atoms with van der Waals surface area (Å²) in [7, 11) is 0. The van der Waals surface area contributed by atoms with Crippen molar-refractivity contribution >= 4 is 39.9 Å². The molecule has 7 rings (SSSR count). The lowest BCUT2D eigenvalue weighted by molar-refractivity contribution is 0.558. The van der Waals surface area contributed by atoms with Crippen LogP contribution < -0.4 is 50.9 Å². The van der Waals surface area contributed by atoms with Crippen LogP contribution in [0.1, 0.15) is 142 Å². The number of H-pyrrole nitrogens is 3. The summed E-state index contributed by atoms with van der Waals surface area (Å²) in [4.78, 5) is 96.7. The molecule has 0 aliphatic carbocycles. The van der Waals surface area contributed by atoms with E-state index < -0.39 is 0 Å². The number of aryl methyl sites for hydroxylation is 1. The molecule has 0 atom stereocenters. The second-order valence-corrected chi connectivity index (χ2v) is 14.9. The number of nitrogen functional groups attached to an aromatic ring is 3. The Hall–Kier alpha value is -7.46. The molecule has 0 saturated carbocycles. The summed E-state index contributed by atoms with van der Waals surface area (Å²) in [5, 5.41) is 0. The molecule has 7 aromatic rings. The first-order valence-corrected chi connectivity index (χ1v) is 19.2. The Balaban J connectivity index is -0.000000740. The summed E-state index contributed by atoms with van der Waals surface area (Å²) in [6, 6.07) is 3.78. The molecule has 0 aliphatic rings. The Bertz CT molecular complexity index is 2910. The molecule has 23 heteroatoms. The van der Waals surface area contributed by atoms with Crippen molar-refractivity contribution in [1.29, 1.82) is 0 Å². The Morgan fingerprint density at radius 2 is 1.00 bits per heavy atom. The van der Waals surface area contributed by atoms with Crippen molar-refractivity contribution in [2.24, 2.45) is 0 Å². The molecule has 23 nitrogen and oxygen atoms in total. The molecule has 0 bridgehead atoms. The van der Waals surface area contributed by atoms with Gasteiger partial charge in [0.2, 0.25) is 5.95 Å². The zero-order valence-electron chi connectivity index (χ0n) is 36.1. The molecule has 368 valence electrons. The van der Waals surface area contributed by atoms with Gasteiger partial charge in [-0.1, -0.05) is 37.1 Å². The highest BCUT2D eigenvalue weighted by atomic mass is 16.2. The number of anilines is 3. The minimum Gasteiger partial charge on any atom is -0.383 e. The van der Waals surface area contributed by atoms with E-state index in [1.54, 1.807) is 42.6 Å². The highest BCUT2D eigenvalue weighted by Crippen LogP contribution is 2.17. The monoisotopic (exact) mass is 926 g/mol. The van der Waals surface area contributed by atoms with E-state index in [1.165, 1.54) is 32.3 Å². The number of fused-ring (bicyclic) bond motifs is 2. The Morgan fingerprint density at radius 3 is 1.50 bits per heavy atom. The summed E-state index contributed by atoms with van der Waals surface area (Å²) < 4.78 is 8.25. The highest BCUT2D eigenvalue weighted by Gasteiger charge is 2.11. The van der Waals surface area contributed by atoms with Crippen LogP contribution in [0.3, 0.4) is 0 Å². The molecule has 0 aromatic carbocycles. The van der Waals surface area contributed by atoms with Gasteiger partial charge in [-0.2, -0.15) is 9.97 Å². The number of aromatic amines is 3. The SMILES string of the molecule is C.C.C.C.C.CC(C)n1ccc(=O)[nH]c1=O.CC(C)n1ccc(N)nc1=O.CC(C)n1cnc2c(=O)[nH]c(N)nc21.CC(C)n1cnc2c(N)ncnc21.Cc1cn(C(C)C)c(=O)[nH]c1=O. The summed E-state index contributed by atoms with van der Waals surface area (Å²) in [6.07, 6.45) is 9.50. The van der Waals surface area contributed by atoms with Gasteiger partial charge in [-0.25, -0.2) is 34.3 Å². The van der Waals surface area contributed by atoms with E-state index in [4.69, 9.17) is 17.2 Å². The van der Waals surface area contributed by atoms with Crippen molar-refractivity contribution < 1.29 is 0 Å². The molecule has 9 N–H and O–H groups in total. The lowest BCUT2D eigenvalue weighted by atomic mass is 10.3. The van der Waals surface area contributed by atoms with Crippen LogP contribution >= 0.6 is 0 Å². The fourth-order valence-corrected chi connectivity index (χ4v) is 5.19. The van der Waals surface area contributed by atoms with Crippen LogP contribution in [0.5, 0.6) is 0 Å². The van der Waals surface area contributed by atoms with Crippen LogP contribution in [0.15, 0.2) is 78.5 Å². The number of hydrogen-bond acceptors (Lipinski definition) is 15. The fourth-order valence-electron chi connectivity index (χ4n) is 5.19.